The normalized spacial score (nSPS) is 25.2. The number of hydrogen-bond donors (Lipinski definition) is 2. The SMILES string of the molecule is NC(=O)c1nc2n(c1C1(O)COC1)C1CC(C1)c1cc(F)c(Br)cc1-2. The van der Waals surface area contributed by atoms with Gasteiger partial charge in [-0.05, 0) is 52.4 Å². The van der Waals surface area contributed by atoms with Gasteiger partial charge in [0.1, 0.15) is 11.6 Å². The number of ether oxygens (including phenoxy) is 1. The molecule has 1 aromatic heterocycles. The molecule has 130 valence electrons. The summed E-state index contributed by atoms with van der Waals surface area (Å²) in [5.74, 6) is -0.190. The number of imidazole rings is 1. The maximum atomic E-state index is 14.1. The predicted octanol–water partition coefficient (Wildman–Crippen LogP) is 2.20. The van der Waals surface area contributed by atoms with Gasteiger partial charge in [0.25, 0.3) is 5.91 Å². The number of carbonyl (C=O) groups excluding carboxylic acids is 1. The van der Waals surface area contributed by atoms with Gasteiger partial charge in [0.2, 0.25) is 0 Å². The van der Waals surface area contributed by atoms with Crippen LogP contribution >= 0.6 is 15.9 Å². The van der Waals surface area contributed by atoms with Gasteiger partial charge in [0, 0.05) is 11.6 Å². The smallest absolute Gasteiger partial charge is 0.269 e. The Morgan fingerprint density at radius 2 is 2.16 bits per heavy atom. The van der Waals surface area contributed by atoms with E-state index >= 15 is 0 Å². The Morgan fingerprint density at radius 1 is 1.44 bits per heavy atom. The Labute approximate surface area is 150 Å². The standard InChI is InChI=1S/C17H15BrFN3O3/c18-11-3-10-9(4-12(11)19)7-1-8(2-7)22-14(17(24)5-25-6-17)13(15(20)23)21-16(10)22/h3-4,7-8,24H,1-2,5-6H2,(H2,20,23). The molecule has 1 saturated carbocycles. The fraction of sp³-hybridized carbons (Fsp3) is 0.412. The first-order valence-electron chi connectivity index (χ1n) is 8.11. The van der Waals surface area contributed by atoms with Gasteiger partial charge in [0.05, 0.1) is 23.4 Å². The van der Waals surface area contributed by atoms with Crippen LogP contribution in [-0.2, 0) is 10.3 Å². The fourth-order valence-electron chi connectivity index (χ4n) is 4.17. The lowest BCUT2D eigenvalue weighted by atomic mass is 9.75. The topological polar surface area (TPSA) is 90.4 Å². The third-order valence-corrected chi connectivity index (χ3v) is 6.13. The zero-order valence-electron chi connectivity index (χ0n) is 13.1. The van der Waals surface area contributed by atoms with Crippen molar-refractivity contribution >= 4 is 21.8 Å². The Bertz CT molecular complexity index is 932. The number of halogens is 2. The van der Waals surface area contributed by atoms with Crippen LogP contribution in [0.4, 0.5) is 4.39 Å². The van der Waals surface area contributed by atoms with Crippen LogP contribution in [0.3, 0.4) is 0 Å². The molecular weight excluding hydrogens is 393 g/mol. The summed E-state index contributed by atoms with van der Waals surface area (Å²) in [4.78, 5) is 16.5. The van der Waals surface area contributed by atoms with E-state index in [-0.39, 0.29) is 36.7 Å². The second-order valence-corrected chi connectivity index (χ2v) is 7.92. The van der Waals surface area contributed by atoms with Gasteiger partial charge >= 0.3 is 0 Å². The van der Waals surface area contributed by atoms with Gasteiger partial charge < -0.3 is 20.1 Å². The Balaban J connectivity index is 1.83. The molecular formula is C17H15BrFN3O3. The first kappa shape index (κ1) is 15.5. The zero-order valence-corrected chi connectivity index (χ0v) is 14.7. The van der Waals surface area contributed by atoms with Crippen molar-refractivity contribution in [3.8, 4) is 11.4 Å². The lowest BCUT2D eigenvalue weighted by Crippen LogP contribution is -2.49. The van der Waals surface area contributed by atoms with Crippen molar-refractivity contribution in [2.45, 2.75) is 30.4 Å². The molecule has 0 unspecified atom stereocenters. The monoisotopic (exact) mass is 407 g/mol. The van der Waals surface area contributed by atoms with Gasteiger partial charge in [0.15, 0.2) is 11.3 Å². The van der Waals surface area contributed by atoms with E-state index in [4.69, 9.17) is 10.5 Å². The second kappa shape index (κ2) is 4.90. The van der Waals surface area contributed by atoms with Crippen LogP contribution in [0.5, 0.6) is 0 Å². The maximum absolute atomic E-state index is 14.1. The molecule has 2 fully saturated rings. The van der Waals surface area contributed by atoms with Crippen molar-refractivity contribution in [3.63, 3.8) is 0 Å². The molecule has 0 radical (unpaired) electrons. The van der Waals surface area contributed by atoms with Gasteiger partial charge in [-0.2, -0.15) is 0 Å². The van der Waals surface area contributed by atoms with Crippen molar-refractivity contribution in [2.75, 3.05) is 13.2 Å². The highest BCUT2D eigenvalue weighted by Gasteiger charge is 2.49. The highest BCUT2D eigenvalue weighted by Crippen LogP contribution is 2.54. The molecule has 2 aromatic rings. The van der Waals surface area contributed by atoms with Crippen LogP contribution in [0.25, 0.3) is 11.4 Å². The van der Waals surface area contributed by atoms with Crippen LogP contribution in [-0.4, -0.2) is 33.8 Å². The Kier molecular flexibility index (Phi) is 3.03. The minimum Gasteiger partial charge on any atom is -0.379 e. The van der Waals surface area contributed by atoms with E-state index in [1.807, 2.05) is 4.57 Å². The molecule has 3 N–H and O–H groups in total. The lowest BCUT2D eigenvalue weighted by molar-refractivity contribution is -0.189. The van der Waals surface area contributed by atoms with Crippen LogP contribution in [0.15, 0.2) is 16.6 Å². The van der Waals surface area contributed by atoms with E-state index < -0.39 is 11.5 Å². The van der Waals surface area contributed by atoms with Crippen LogP contribution in [0.2, 0.25) is 0 Å². The Hall–Kier alpha value is -1.77. The zero-order chi connectivity index (χ0) is 17.5. The van der Waals surface area contributed by atoms with Crippen LogP contribution in [0.1, 0.15) is 46.5 Å². The van der Waals surface area contributed by atoms with Gasteiger partial charge in [-0.3, -0.25) is 4.79 Å². The average Bonchev–Trinajstić information content (AvgIpc) is 2.77. The van der Waals surface area contributed by atoms with Gasteiger partial charge in [-0.1, -0.05) is 0 Å². The highest BCUT2D eigenvalue weighted by atomic mass is 79.9. The van der Waals surface area contributed by atoms with E-state index in [1.54, 1.807) is 6.07 Å². The minimum absolute atomic E-state index is 0.0672. The molecule has 1 aliphatic carbocycles. The Morgan fingerprint density at radius 3 is 2.76 bits per heavy atom. The molecule has 6 rings (SSSR count). The largest absolute Gasteiger partial charge is 0.379 e. The molecule has 2 bridgehead atoms. The van der Waals surface area contributed by atoms with E-state index in [0.717, 1.165) is 24.0 Å². The summed E-state index contributed by atoms with van der Waals surface area (Å²) in [5.41, 5.74) is 6.43. The first-order chi connectivity index (χ1) is 11.9. The molecule has 1 amide bonds. The summed E-state index contributed by atoms with van der Waals surface area (Å²) < 4.78 is 21.5. The number of benzene rings is 1. The average molecular weight is 408 g/mol. The van der Waals surface area contributed by atoms with Crippen LogP contribution < -0.4 is 5.73 Å². The van der Waals surface area contributed by atoms with Crippen molar-refractivity contribution in [1.29, 1.82) is 0 Å². The summed E-state index contributed by atoms with van der Waals surface area (Å²) in [5, 5.41) is 10.9. The van der Waals surface area contributed by atoms with Gasteiger partial charge in [-0.25, -0.2) is 9.37 Å². The molecule has 4 heterocycles. The number of aliphatic hydroxyl groups is 1. The van der Waals surface area contributed by atoms with Crippen molar-refractivity contribution in [3.05, 3.63) is 39.4 Å². The molecule has 4 aliphatic rings. The number of aromatic nitrogens is 2. The number of primary amides is 1. The molecule has 25 heavy (non-hydrogen) atoms. The number of amides is 1. The second-order valence-electron chi connectivity index (χ2n) is 7.07. The van der Waals surface area contributed by atoms with E-state index in [9.17, 15) is 14.3 Å². The van der Waals surface area contributed by atoms with E-state index in [2.05, 4.69) is 20.9 Å². The molecule has 6 nitrogen and oxygen atoms in total. The van der Waals surface area contributed by atoms with Gasteiger partial charge in [-0.15, -0.1) is 0 Å². The molecule has 3 aliphatic heterocycles. The summed E-state index contributed by atoms with van der Waals surface area (Å²) in [7, 11) is 0. The van der Waals surface area contributed by atoms with Crippen LogP contribution in [0, 0.1) is 5.82 Å². The third kappa shape index (κ3) is 1.95. The maximum Gasteiger partial charge on any atom is 0.269 e. The van der Waals surface area contributed by atoms with Crippen molar-refractivity contribution < 1.29 is 19.0 Å². The van der Waals surface area contributed by atoms with E-state index in [0.29, 0.717) is 16.0 Å². The minimum atomic E-state index is -1.26. The summed E-state index contributed by atoms with van der Waals surface area (Å²) in [6.07, 6.45) is 1.64. The molecule has 0 atom stereocenters. The third-order valence-electron chi connectivity index (χ3n) is 5.52. The molecule has 0 spiro atoms. The summed E-state index contributed by atoms with van der Waals surface area (Å²) in [6.45, 7) is 0.211. The summed E-state index contributed by atoms with van der Waals surface area (Å²) in [6, 6.07) is 3.34. The van der Waals surface area contributed by atoms with Crippen molar-refractivity contribution in [2.24, 2.45) is 5.73 Å². The quantitative estimate of drug-likeness (QED) is 0.798. The number of carbonyl (C=O) groups is 1. The molecule has 1 saturated heterocycles. The number of nitrogens with two attached hydrogens (primary N) is 1. The van der Waals surface area contributed by atoms with Crippen molar-refractivity contribution in [1.82, 2.24) is 9.55 Å². The number of rotatable bonds is 2. The molecule has 8 heteroatoms. The summed E-state index contributed by atoms with van der Waals surface area (Å²) >= 11 is 3.23. The lowest BCUT2D eigenvalue weighted by Gasteiger charge is -2.41. The van der Waals surface area contributed by atoms with E-state index in [1.165, 1.54) is 6.07 Å². The fourth-order valence-corrected chi connectivity index (χ4v) is 4.52. The first-order valence-corrected chi connectivity index (χ1v) is 8.90. The number of hydrogen-bond acceptors (Lipinski definition) is 4. The highest BCUT2D eigenvalue weighted by molar-refractivity contribution is 9.10. The number of nitrogens with zero attached hydrogens (tertiary/aromatic N) is 2. The predicted molar refractivity (Wildman–Crippen MR) is 89.6 cm³/mol. The molecule has 1 aromatic carbocycles.